The number of hydrogen-bond acceptors (Lipinski definition) is 24. The lowest BCUT2D eigenvalue weighted by molar-refractivity contribution is -0.674. The summed E-state index contributed by atoms with van der Waals surface area (Å²) in [5.74, 6) is -21.8. The quantitative estimate of drug-likeness (QED) is 0.224. The molecule has 0 N–H and O–H groups in total. The van der Waals surface area contributed by atoms with Crippen molar-refractivity contribution in [2.75, 3.05) is 0 Å². The molecular weight excluding hydrogens is 648 g/mol. The molecule has 0 radical (unpaired) electrons. The second-order valence-electron chi connectivity index (χ2n) is 6.33. The first-order valence-electron chi connectivity index (χ1n) is 7.95. The van der Waals surface area contributed by atoms with Gasteiger partial charge in [-0.3, -0.25) is 0 Å². The molecule has 0 aromatic rings. The van der Waals surface area contributed by atoms with Crippen LogP contribution in [-0.4, -0.2) is 60.0 Å². The fraction of sp³-hybridized carbons (Fsp3) is 1.00. The van der Waals surface area contributed by atoms with Crippen LogP contribution in [0.2, 0.25) is 0 Å². The Bertz CT molecular complexity index is 945. The van der Waals surface area contributed by atoms with Crippen molar-refractivity contribution in [2.45, 2.75) is 34.7 Å². The van der Waals surface area contributed by atoms with Gasteiger partial charge in [0, 0.05) is 0 Å². The highest BCUT2D eigenvalue weighted by Crippen LogP contribution is 2.75. The molecule has 204 valence electrons. The first-order valence-corrected chi connectivity index (χ1v) is 13.9. The van der Waals surface area contributed by atoms with Crippen LogP contribution in [0, 0.1) is 0 Å². The van der Waals surface area contributed by atoms with E-state index in [2.05, 4.69) is 26.0 Å². The molecule has 7 rings (SSSR count). The summed E-state index contributed by atoms with van der Waals surface area (Å²) in [6, 6.07) is 0. The van der Waals surface area contributed by atoms with Gasteiger partial charge < -0.3 is 0 Å². The molecule has 6 spiro atoms. The zero-order valence-electron chi connectivity index (χ0n) is 15.2. The minimum Gasteiger partial charge on any atom is -0.217 e. The van der Waals surface area contributed by atoms with Crippen molar-refractivity contribution in [3.63, 3.8) is 0 Å². The summed E-state index contributed by atoms with van der Waals surface area (Å²) in [7, 11) is 0. The zero-order chi connectivity index (χ0) is 25.2. The van der Waals surface area contributed by atoms with E-state index in [-0.39, 0.29) is 0 Å². The van der Waals surface area contributed by atoms with Gasteiger partial charge in [-0.05, 0) is 0 Å². The second-order valence-corrected chi connectivity index (χ2v) is 10.6. The summed E-state index contributed by atoms with van der Waals surface area (Å²) < 4.78 is 131. The molecule has 0 atom stereocenters. The summed E-state index contributed by atoms with van der Waals surface area (Å²) in [6.45, 7) is 0. The molecule has 24 nitrogen and oxygen atoms in total. The van der Waals surface area contributed by atoms with Gasteiger partial charge in [-0.15, -0.1) is 0 Å². The summed E-state index contributed by atoms with van der Waals surface area (Å²) in [4.78, 5) is 29.6. The van der Waals surface area contributed by atoms with Crippen LogP contribution in [0.15, 0.2) is 0 Å². The highest BCUT2D eigenvalue weighted by molar-refractivity contribution is 7.76. The maximum absolute atomic E-state index is 12.7. The van der Waals surface area contributed by atoms with Gasteiger partial charge in [0.1, 0.15) is 0 Å². The van der Waals surface area contributed by atoms with E-state index in [9.17, 15) is 25.3 Å². The van der Waals surface area contributed by atoms with Crippen LogP contribution in [0.1, 0.15) is 0 Å². The standard InChI is InChI=1S/C6O24S6/c7-31-19-1-2(20-31)4(16-28-35(11)27-14-2)6(24-33(9)23-4)5(17-29-36(12)30-18-6)3(1,21-32(8)22-5)15-26-34(10)25-13-1. The number of rotatable bonds is 0. The monoisotopic (exact) mass is 648 g/mol. The van der Waals surface area contributed by atoms with Gasteiger partial charge in [0.05, 0.1) is 0 Å². The van der Waals surface area contributed by atoms with E-state index in [4.69, 9.17) is 54.4 Å². The predicted octanol–water partition coefficient (Wildman–Crippen LogP) is -4.48. The Morgan fingerprint density at radius 3 is 0.611 bits per heavy atom. The van der Waals surface area contributed by atoms with Crippen molar-refractivity contribution in [3.05, 3.63) is 0 Å². The van der Waals surface area contributed by atoms with Gasteiger partial charge in [0.15, 0.2) is 0 Å². The van der Waals surface area contributed by atoms with Crippen LogP contribution in [-0.2, 0) is 149 Å². The van der Waals surface area contributed by atoms with Crippen LogP contribution < -0.4 is 0 Å². The average molecular weight is 648 g/mol. The van der Waals surface area contributed by atoms with E-state index in [1.54, 1.807) is 0 Å². The van der Waals surface area contributed by atoms with Gasteiger partial charge in [0.2, 0.25) is 0 Å². The minimum absolute atomic E-state index is 3.11. The third kappa shape index (κ3) is 2.61. The van der Waals surface area contributed by atoms with Gasteiger partial charge in [-0.25, -0.2) is 25.1 Å². The SMILES string of the molecule is O=S1OOC23OS(=O)OC24OOS(=O)OOC42OS(=O)OC24OOS(=O)OOC42OS(=O)OC32OO1. The van der Waals surface area contributed by atoms with Crippen LogP contribution in [0.5, 0.6) is 0 Å². The van der Waals surface area contributed by atoms with Gasteiger partial charge in [-0.2, -0.15) is 54.6 Å². The molecule has 1 aliphatic carbocycles. The Morgan fingerprint density at radius 2 is 0.444 bits per heavy atom. The Labute approximate surface area is 208 Å². The van der Waals surface area contributed by atoms with Crippen molar-refractivity contribution in [1.29, 1.82) is 0 Å². The highest BCUT2D eigenvalue weighted by Gasteiger charge is 3.11. The maximum atomic E-state index is 12.7. The lowest BCUT2D eigenvalue weighted by Gasteiger charge is -2.58. The van der Waals surface area contributed by atoms with Gasteiger partial charge in [-0.1, -0.05) is 26.0 Å². The molecule has 0 aromatic heterocycles. The fourth-order valence-corrected chi connectivity index (χ4v) is 7.53. The summed E-state index contributed by atoms with van der Waals surface area (Å²) >= 11 is -19.0. The second kappa shape index (κ2) is 7.89. The topological polar surface area (TPSA) is 269 Å². The molecule has 7 fully saturated rings. The van der Waals surface area contributed by atoms with Gasteiger partial charge in [0.25, 0.3) is 0 Å². The summed E-state index contributed by atoms with van der Waals surface area (Å²) in [6.07, 6.45) is 0. The van der Waals surface area contributed by atoms with E-state index in [0.717, 1.165) is 0 Å². The minimum atomic E-state index is -3.64. The van der Waals surface area contributed by atoms with E-state index >= 15 is 0 Å². The number of hydrogen-bond donors (Lipinski definition) is 0. The molecule has 7 aliphatic rings. The van der Waals surface area contributed by atoms with E-state index in [0.29, 0.717) is 0 Å². The third-order valence-electron chi connectivity index (χ3n) is 4.95. The molecule has 6 saturated heterocycles. The lowest BCUT2D eigenvalue weighted by Crippen LogP contribution is -2.95. The van der Waals surface area contributed by atoms with E-state index in [1.165, 1.54) is 0 Å². The third-order valence-corrected chi connectivity index (χ3v) is 8.25. The van der Waals surface area contributed by atoms with Crippen molar-refractivity contribution in [1.82, 2.24) is 0 Å². The largest absolute Gasteiger partial charge is 0.362 e. The maximum Gasteiger partial charge on any atom is 0.362 e. The van der Waals surface area contributed by atoms with Crippen molar-refractivity contribution in [2.24, 2.45) is 0 Å². The van der Waals surface area contributed by atoms with Crippen molar-refractivity contribution in [3.8, 4) is 0 Å². The normalized spacial score (nSPS) is 62.3. The average Bonchev–Trinajstić information content (AvgIpc) is 3.30. The Kier molecular flexibility index (Phi) is 5.52. The van der Waals surface area contributed by atoms with Crippen molar-refractivity contribution < 1.29 is 106 Å². The Hall–Kier alpha value is 0.180. The van der Waals surface area contributed by atoms with Crippen LogP contribution in [0.4, 0.5) is 0 Å². The fourth-order valence-electron chi connectivity index (χ4n) is 3.81. The molecule has 0 aromatic carbocycles. The summed E-state index contributed by atoms with van der Waals surface area (Å²) in [5, 5.41) is 0. The van der Waals surface area contributed by atoms with Crippen molar-refractivity contribution >= 4 is 68.2 Å². The molecule has 0 amide bonds. The molecule has 1 saturated carbocycles. The molecule has 6 heterocycles. The molecule has 6 aliphatic heterocycles. The first kappa shape index (κ1) is 25.2. The molecule has 0 unspecified atom stereocenters. The molecule has 0 bridgehead atoms. The lowest BCUT2D eigenvalue weighted by atomic mass is 9.69. The summed E-state index contributed by atoms with van der Waals surface area (Å²) in [5.41, 5.74) is 0. The van der Waals surface area contributed by atoms with Crippen LogP contribution >= 0.6 is 0 Å². The Balaban J connectivity index is 1.65. The van der Waals surface area contributed by atoms with E-state index in [1.807, 2.05) is 0 Å². The zero-order valence-corrected chi connectivity index (χ0v) is 20.1. The van der Waals surface area contributed by atoms with E-state index < -0.39 is 103 Å². The van der Waals surface area contributed by atoms with Gasteiger partial charge >= 0.3 is 103 Å². The highest BCUT2D eigenvalue weighted by atomic mass is 32.2. The molecular formula is C6O24S6. The molecule has 36 heavy (non-hydrogen) atoms. The van der Waals surface area contributed by atoms with Crippen LogP contribution in [0.25, 0.3) is 0 Å². The smallest absolute Gasteiger partial charge is 0.217 e. The first-order chi connectivity index (χ1) is 17.1. The van der Waals surface area contributed by atoms with Crippen LogP contribution in [0.3, 0.4) is 0 Å². The Morgan fingerprint density at radius 1 is 0.278 bits per heavy atom. The predicted molar refractivity (Wildman–Crippen MR) is 84.8 cm³/mol. The molecule has 30 heteroatoms.